The Morgan fingerprint density at radius 1 is 1.60 bits per heavy atom. The number of carboxylic acid groups (broad SMARTS) is 1. The van der Waals surface area contributed by atoms with E-state index < -0.39 is 18.1 Å². The first-order chi connectivity index (χ1) is 4.54. The fourth-order valence-electron chi connectivity index (χ4n) is 0.435. The monoisotopic (exact) mass is 147 g/mol. The molecule has 2 unspecified atom stereocenters. The van der Waals surface area contributed by atoms with Crippen molar-refractivity contribution in [2.75, 3.05) is 6.54 Å². The van der Waals surface area contributed by atoms with E-state index in [9.17, 15) is 4.79 Å². The maximum Gasteiger partial charge on any atom is 0.320 e. The van der Waals surface area contributed by atoms with E-state index in [1.54, 1.807) is 6.92 Å². The summed E-state index contributed by atoms with van der Waals surface area (Å²) in [6, 6.07) is -0.588. The molecule has 3 N–H and O–H groups in total. The molecule has 4 heteroatoms. The predicted molar refractivity (Wildman–Crippen MR) is 36.8 cm³/mol. The molecule has 60 valence electrons. The summed E-state index contributed by atoms with van der Waals surface area (Å²) in [4.78, 5) is 10.2. The first kappa shape index (κ1) is 9.39. The van der Waals surface area contributed by atoms with Crippen LogP contribution >= 0.6 is 0 Å². The molecule has 0 spiro atoms. The van der Waals surface area contributed by atoms with Gasteiger partial charge in [-0.15, -0.1) is 0 Å². The molecular weight excluding hydrogens is 134 g/mol. The number of aliphatic hydroxyl groups excluding tert-OH is 1. The predicted octanol–water partition coefficient (Wildman–Crippen LogP) is -0.570. The van der Waals surface area contributed by atoms with Gasteiger partial charge in [0.25, 0.3) is 0 Å². The van der Waals surface area contributed by atoms with Gasteiger partial charge in [-0.3, -0.25) is 4.79 Å². The topological polar surface area (TPSA) is 69.6 Å². The standard InChI is InChI=1S/C6H13NO3/c1-4(8)3-7-5(2)6(9)10/h4-5,7-8H,3H2,1-2H3,(H,9,10). The normalized spacial score (nSPS) is 16.3. The van der Waals surface area contributed by atoms with Crippen LogP contribution in [0.1, 0.15) is 13.8 Å². The minimum absolute atomic E-state index is 0.313. The minimum Gasteiger partial charge on any atom is -0.480 e. The first-order valence-corrected chi connectivity index (χ1v) is 3.18. The van der Waals surface area contributed by atoms with Gasteiger partial charge in [-0.1, -0.05) is 0 Å². The maximum atomic E-state index is 10.2. The molecule has 0 aliphatic rings. The molecule has 0 fully saturated rings. The summed E-state index contributed by atoms with van der Waals surface area (Å²) in [5.74, 6) is -0.902. The van der Waals surface area contributed by atoms with Gasteiger partial charge in [-0.25, -0.2) is 0 Å². The minimum atomic E-state index is -0.902. The molecule has 0 radical (unpaired) electrons. The highest BCUT2D eigenvalue weighted by atomic mass is 16.4. The molecule has 0 bridgehead atoms. The SMILES string of the molecule is CC(O)CNC(C)C(=O)O. The van der Waals surface area contributed by atoms with Gasteiger partial charge in [-0.2, -0.15) is 0 Å². The van der Waals surface area contributed by atoms with E-state index in [0.717, 1.165) is 0 Å². The fourth-order valence-corrected chi connectivity index (χ4v) is 0.435. The molecule has 0 saturated carbocycles. The molecule has 4 nitrogen and oxygen atoms in total. The van der Waals surface area contributed by atoms with Crippen LogP contribution in [0.25, 0.3) is 0 Å². The summed E-state index contributed by atoms with van der Waals surface area (Å²) in [5, 5.41) is 19.7. The zero-order valence-electron chi connectivity index (χ0n) is 6.16. The summed E-state index contributed by atoms with van der Waals surface area (Å²) in [6.07, 6.45) is -0.498. The van der Waals surface area contributed by atoms with Crippen LogP contribution in [0.15, 0.2) is 0 Å². The lowest BCUT2D eigenvalue weighted by Crippen LogP contribution is -2.37. The largest absolute Gasteiger partial charge is 0.480 e. The van der Waals surface area contributed by atoms with Gasteiger partial charge in [0, 0.05) is 6.54 Å². The van der Waals surface area contributed by atoms with Gasteiger partial charge in [0.1, 0.15) is 6.04 Å². The maximum absolute atomic E-state index is 10.2. The van der Waals surface area contributed by atoms with Gasteiger partial charge in [0.05, 0.1) is 6.10 Å². The number of hydrogen-bond donors (Lipinski definition) is 3. The van der Waals surface area contributed by atoms with Crippen LogP contribution in [-0.4, -0.2) is 34.9 Å². The second kappa shape index (κ2) is 4.24. The third-order valence-electron chi connectivity index (χ3n) is 1.09. The smallest absolute Gasteiger partial charge is 0.320 e. The Balaban J connectivity index is 3.40. The van der Waals surface area contributed by atoms with Crippen LogP contribution in [0.3, 0.4) is 0 Å². The summed E-state index contributed by atoms with van der Waals surface area (Å²) in [7, 11) is 0. The van der Waals surface area contributed by atoms with Crippen molar-refractivity contribution < 1.29 is 15.0 Å². The summed E-state index contributed by atoms with van der Waals surface area (Å²) in [5.41, 5.74) is 0. The molecule has 10 heavy (non-hydrogen) atoms. The quantitative estimate of drug-likeness (QED) is 0.498. The van der Waals surface area contributed by atoms with Crippen molar-refractivity contribution in [2.45, 2.75) is 26.0 Å². The van der Waals surface area contributed by atoms with Crippen LogP contribution < -0.4 is 5.32 Å². The van der Waals surface area contributed by atoms with Crippen LogP contribution in [0.4, 0.5) is 0 Å². The highest BCUT2D eigenvalue weighted by Gasteiger charge is 2.09. The second-order valence-corrected chi connectivity index (χ2v) is 2.32. The Morgan fingerprint density at radius 2 is 2.10 bits per heavy atom. The van der Waals surface area contributed by atoms with E-state index in [-0.39, 0.29) is 0 Å². The van der Waals surface area contributed by atoms with E-state index in [0.29, 0.717) is 6.54 Å². The van der Waals surface area contributed by atoms with Crippen LogP contribution in [-0.2, 0) is 4.79 Å². The van der Waals surface area contributed by atoms with Crippen molar-refractivity contribution >= 4 is 5.97 Å². The summed E-state index contributed by atoms with van der Waals surface area (Å²) in [6.45, 7) is 3.44. The number of rotatable bonds is 4. The number of hydrogen-bond acceptors (Lipinski definition) is 3. The third-order valence-corrected chi connectivity index (χ3v) is 1.09. The van der Waals surface area contributed by atoms with Crippen molar-refractivity contribution in [1.82, 2.24) is 5.32 Å². The molecule has 0 aromatic heterocycles. The Hall–Kier alpha value is -0.610. The molecular formula is C6H13NO3. The lowest BCUT2D eigenvalue weighted by atomic mass is 10.3. The van der Waals surface area contributed by atoms with E-state index >= 15 is 0 Å². The van der Waals surface area contributed by atoms with Gasteiger partial charge >= 0.3 is 5.97 Å². The van der Waals surface area contributed by atoms with Crippen LogP contribution in [0, 0.1) is 0 Å². The summed E-state index contributed by atoms with van der Waals surface area (Å²) >= 11 is 0. The lowest BCUT2D eigenvalue weighted by Gasteiger charge is -2.09. The third kappa shape index (κ3) is 4.29. The molecule has 0 amide bonds. The molecule has 0 heterocycles. The Kier molecular flexibility index (Phi) is 3.99. The molecule has 0 aromatic carbocycles. The number of nitrogens with one attached hydrogen (secondary N) is 1. The molecule has 0 aliphatic heterocycles. The van der Waals surface area contributed by atoms with Crippen LogP contribution in [0.2, 0.25) is 0 Å². The molecule has 0 aromatic rings. The summed E-state index contributed by atoms with van der Waals surface area (Å²) < 4.78 is 0. The fraction of sp³-hybridized carbons (Fsp3) is 0.833. The number of carbonyl (C=O) groups is 1. The van der Waals surface area contributed by atoms with Crippen molar-refractivity contribution in [3.05, 3.63) is 0 Å². The van der Waals surface area contributed by atoms with E-state index in [1.807, 2.05) is 0 Å². The molecule has 0 saturated heterocycles. The Morgan fingerprint density at radius 3 is 2.40 bits per heavy atom. The average molecular weight is 147 g/mol. The van der Waals surface area contributed by atoms with E-state index in [4.69, 9.17) is 10.2 Å². The zero-order valence-corrected chi connectivity index (χ0v) is 6.16. The number of aliphatic hydroxyl groups is 1. The molecule has 0 rings (SSSR count). The van der Waals surface area contributed by atoms with E-state index in [1.165, 1.54) is 6.92 Å². The van der Waals surface area contributed by atoms with Crippen molar-refractivity contribution in [3.8, 4) is 0 Å². The average Bonchev–Trinajstić information content (AvgIpc) is 1.82. The molecule has 2 atom stereocenters. The van der Waals surface area contributed by atoms with Crippen molar-refractivity contribution in [1.29, 1.82) is 0 Å². The number of aliphatic carboxylic acids is 1. The lowest BCUT2D eigenvalue weighted by molar-refractivity contribution is -0.139. The second-order valence-electron chi connectivity index (χ2n) is 2.32. The highest BCUT2D eigenvalue weighted by Crippen LogP contribution is 1.82. The zero-order chi connectivity index (χ0) is 8.15. The van der Waals surface area contributed by atoms with Gasteiger partial charge in [-0.05, 0) is 13.8 Å². The van der Waals surface area contributed by atoms with Crippen molar-refractivity contribution in [3.63, 3.8) is 0 Å². The first-order valence-electron chi connectivity index (χ1n) is 3.18. The number of carboxylic acids is 1. The van der Waals surface area contributed by atoms with Gasteiger partial charge in [0.2, 0.25) is 0 Å². The van der Waals surface area contributed by atoms with E-state index in [2.05, 4.69) is 5.32 Å². The van der Waals surface area contributed by atoms with Gasteiger partial charge in [0.15, 0.2) is 0 Å². The Bertz CT molecular complexity index is 114. The van der Waals surface area contributed by atoms with Crippen LogP contribution in [0.5, 0.6) is 0 Å². The van der Waals surface area contributed by atoms with Crippen molar-refractivity contribution in [2.24, 2.45) is 0 Å². The molecule has 0 aliphatic carbocycles. The van der Waals surface area contributed by atoms with Gasteiger partial charge < -0.3 is 15.5 Å². The Labute approximate surface area is 59.9 Å². The highest BCUT2D eigenvalue weighted by molar-refractivity contribution is 5.72.